The number of carbonyl (C=O) groups excluding carboxylic acids is 1. The van der Waals surface area contributed by atoms with Crippen molar-refractivity contribution < 1.29 is 4.79 Å². The number of hydrazine groups is 1. The molecule has 1 amide bonds. The molecule has 2 rings (SSSR count). The zero-order valence-electron chi connectivity index (χ0n) is 13.9. The van der Waals surface area contributed by atoms with Gasteiger partial charge in [-0.2, -0.15) is 0 Å². The van der Waals surface area contributed by atoms with E-state index in [1.807, 2.05) is 56.3 Å². The molecule has 0 aliphatic heterocycles. The molecule has 0 radical (unpaired) electrons. The molecule has 24 heavy (non-hydrogen) atoms. The molecule has 0 saturated carbocycles. The largest absolute Gasteiger partial charge is 0.300 e. The number of nitrogens with one attached hydrogen (secondary N) is 2. The first kappa shape index (κ1) is 18.6. The summed E-state index contributed by atoms with van der Waals surface area (Å²) in [6.07, 6.45) is 0. The Balaban J connectivity index is 1.99. The van der Waals surface area contributed by atoms with E-state index in [1.54, 1.807) is 13.1 Å². The molecule has 4 nitrogen and oxygen atoms in total. The van der Waals surface area contributed by atoms with Gasteiger partial charge in [-0.1, -0.05) is 41.4 Å². The highest BCUT2D eigenvalue weighted by atomic mass is 35.5. The number of rotatable bonds is 6. The Kier molecular flexibility index (Phi) is 6.10. The van der Waals surface area contributed by atoms with Crippen LogP contribution in [-0.4, -0.2) is 23.5 Å². The number of nitrogens with zero attached hydrogens (tertiary/aromatic N) is 1. The molecule has 128 valence electrons. The van der Waals surface area contributed by atoms with Crippen molar-refractivity contribution in [2.24, 2.45) is 0 Å². The van der Waals surface area contributed by atoms with Crippen molar-refractivity contribution >= 4 is 34.8 Å². The first-order chi connectivity index (χ1) is 11.3. The lowest BCUT2D eigenvalue weighted by atomic mass is 10.0. The van der Waals surface area contributed by atoms with Crippen molar-refractivity contribution in [1.29, 1.82) is 0 Å². The van der Waals surface area contributed by atoms with Crippen molar-refractivity contribution in [2.45, 2.75) is 25.9 Å². The molecule has 0 spiro atoms. The summed E-state index contributed by atoms with van der Waals surface area (Å²) in [4.78, 5) is 12.7. The molecule has 6 heteroatoms. The summed E-state index contributed by atoms with van der Waals surface area (Å²) in [6, 6.07) is 14.9. The van der Waals surface area contributed by atoms with Gasteiger partial charge in [0.2, 0.25) is 0 Å². The van der Waals surface area contributed by atoms with Crippen LogP contribution in [0.25, 0.3) is 0 Å². The van der Waals surface area contributed by atoms with E-state index < -0.39 is 5.54 Å². The van der Waals surface area contributed by atoms with Gasteiger partial charge in [0.05, 0.1) is 11.2 Å². The van der Waals surface area contributed by atoms with Crippen LogP contribution in [0.5, 0.6) is 0 Å². The molecule has 2 aromatic rings. The summed E-state index contributed by atoms with van der Waals surface area (Å²) >= 11 is 12.0. The number of hydrogen-bond acceptors (Lipinski definition) is 3. The number of para-hydroxylation sites is 1. The molecule has 0 aliphatic carbocycles. The molecule has 0 aliphatic rings. The molecule has 0 atom stereocenters. The highest BCUT2D eigenvalue weighted by Crippen LogP contribution is 2.20. The Hall–Kier alpha value is -1.75. The fourth-order valence-corrected chi connectivity index (χ4v) is 2.86. The number of carbonyl (C=O) groups is 1. The van der Waals surface area contributed by atoms with Crippen LogP contribution in [0.4, 0.5) is 5.69 Å². The third-order valence-corrected chi connectivity index (χ3v) is 4.00. The van der Waals surface area contributed by atoms with Gasteiger partial charge in [0.15, 0.2) is 0 Å². The minimum Gasteiger partial charge on any atom is -0.300 e. The standard InChI is InChI=1S/C18H21Cl2N3O/c1-18(2,21-12-13-9-14(19)11-15(20)10-13)17(24)23(3)22-16-7-5-4-6-8-16/h4-11,21-22H,12H2,1-3H3. The van der Waals surface area contributed by atoms with Crippen LogP contribution in [-0.2, 0) is 11.3 Å². The summed E-state index contributed by atoms with van der Waals surface area (Å²) in [5.41, 5.74) is 4.08. The highest BCUT2D eigenvalue weighted by molar-refractivity contribution is 6.34. The lowest BCUT2D eigenvalue weighted by molar-refractivity contribution is -0.134. The fraction of sp³-hybridized carbons (Fsp3) is 0.278. The van der Waals surface area contributed by atoms with Gasteiger partial charge in [-0.25, -0.2) is 0 Å². The van der Waals surface area contributed by atoms with E-state index in [2.05, 4.69) is 10.7 Å². The second kappa shape index (κ2) is 7.88. The van der Waals surface area contributed by atoms with Crippen molar-refractivity contribution in [3.05, 3.63) is 64.1 Å². The highest BCUT2D eigenvalue weighted by Gasteiger charge is 2.30. The Labute approximate surface area is 152 Å². The minimum atomic E-state index is -0.759. The van der Waals surface area contributed by atoms with E-state index in [0.717, 1.165) is 11.3 Å². The van der Waals surface area contributed by atoms with Crippen molar-refractivity contribution in [3.63, 3.8) is 0 Å². The first-order valence-electron chi connectivity index (χ1n) is 7.58. The average Bonchev–Trinajstić information content (AvgIpc) is 2.52. The maximum absolute atomic E-state index is 12.7. The number of amides is 1. The van der Waals surface area contributed by atoms with Gasteiger partial charge in [-0.3, -0.25) is 20.5 Å². The molecule has 2 N–H and O–H groups in total. The summed E-state index contributed by atoms with van der Waals surface area (Å²) in [7, 11) is 1.70. The molecule has 0 aromatic heterocycles. The first-order valence-corrected chi connectivity index (χ1v) is 8.33. The van der Waals surface area contributed by atoms with Crippen molar-refractivity contribution in [3.8, 4) is 0 Å². The average molecular weight is 366 g/mol. The van der Waals surface area contributed by atoms with Gasteiger partial charge < -0.3 is 0 Å². The van der Waals surface area contributed by atoms with Crippen molar-refractivity contribution in [2.75, 3.05) is 12.5 Å². The van der Waals surface area contributed by atoms with Gasteiger partial charge >= 0.3 is 0 Å². The number of likely N-dealkylation sites (N-methyl/N-ethyl adjacent to an activating group) is 1. The van der Waals surface area contributed by atoms with Crippen LogP contribution in [0.15, 0.2) is 48.5 Å². The predicted octanol–water partition coefficient (Wildman–Crippen LogP) is 4.35. The molecule has 0 fully saturated rings. The minimum absolute atomic E-state index is 0.0838. The molecule has 2 aromatic carbocycles. The number of hydrogen-bond donors (Lipinski definition) is 2. The number of anilines is 1. The van der Waals surface area contributed by atoms with E-state index in [1.165, 1.54) is 5.01 Å². The van der Waals surface area contributed by atoms with Crippen LogP contribution in [0.2, 0.25) is 10.0 Å². The second-order valence-corrected chi connectivity index (χ2v) is 6.97. The number of benzene rings is 2. The van der Waals surface area contributed by atoms with E-state index >= 15 is 0 Å². The maximum atomic E-state index is 12.7. The van der Waals surface area contributed by atoms with Gasteiger partial charge in [-0.15, -0.1) is 0 Å². The Morgan fingerprint density at radius 3 is 2.25 bits per heavy atom. The fourth-order valence-electron chi connectivity index (χ4n) is 2.29. The van der Waals surface area contributed by atoms with Crippen LogP contribution in [0.1, 0.15) is 19.4 Å². The van der Waals surface area contributed by atoms with Gasteiger partial charge in [0.1, 0.15) is 0 Å². The number of halogens is 2. The smallest absolute Gasteiger partial charge is 0.260 e. The maximum Gasteiger partial charge on any atom is 0.260 e. The summed E-state index contributed by atoms with van der Waals surface area (Å²) < 4.78 is 0. The molecular weight excluding hydrogens is 345 g/mol. The van der Waals surface area contributed by atoms with Gasteiger partial charge in [0, 0.05) is 23.6 Å². The predicted molar refractivity (Wildman–Crippen MR) is 100 cm³/mol. The lowest BCUT2D eigenvalue weighted by Crippen LogP contribution is -2.54. The molecule has 0 saturated heterocycles. The molecule has 0 unspecified atom stereocenters. The van der Waals surface area contributed by atoms with E-state index in [-0.39, 0.29) is 5.91 Å². The molecule has 0 heterocycles. The van der Waals surface area contributed by atoms with Crippen LogP contribution < -0.4 is 10.7 Å². The monoisotopic (exact) mass is 365 g/mol. The SMILES string of the molecule is CN(Nc1ccccc1)C(=O)C(C)(C)NCc1cc(Cl)cc(Cl)c1. The normalized spacial score (nSPS) is 11.2. The van der Waals surface area contributed by atoms with Crippen molar-refractivity contribution in [1.82, 2.24) is 10.3 Å². The quantitative estimate of drug-likeness (QED) is 0.748. The zero-order valence-corrected chi connectivity index (χ0v) is 15.4. The van der Waals surface area contributed by atoms with Gasteiger partial charge in [-0.05, 0) is 49.7 Å². The summed E-state index contributed by atoms with van der Waals surface area (Å²) in [6.45, 7) is 4.16. The topological polar surface area (TPSA) is 44.4 Å². The third-order valence-electron chi connectivity index (χ3n) is 3.57. The zero-order chi connectivity index (χ0) is 17.7. The van der Waals surface area contributed by atoms with E-state index in [4.69, 9.17) is 23.2 Å². The van der Waals surface area contributed by atoms with Crippen LogP contribution >= 0.6 is 23.2 Å². The van der Waals surface area contributed by atoms with Crippen LogP contribution in [0.3, 0.4) is 0 Å². The Morgan fingerprint density at radius 1 is 1.08 bits per heavy atom. The summed E-state index contributed by atoms with van der Waals surface area (Å²) in [5, 5.41) is 5.88. The van der Waals surface area contributed by atoms with Crippen LogP contribution in [0, 0.1) is 0 Å². The van der Waals surface area contributed by atoms with E-state index in [9.17, 15) is 4.79 Å². The Morgan fingerprint density at radius 2 is 1.67 bits per heavy atom. The lowest BCUT2D eigenvalue weighted by Gasteiger charge is -2.31. The third kappa shape index (κ3) is 5.13. The molecular formula is C18H21Cl2N3O. The second-order valence-electron chi connectivity index (χ2n) is 6.10. The summed E-state index contributed by atoms with van der Waals surface area (Å²) in [5.74, 6) is -0.0838. The molecule has 0 bridgehead atoms. The Bertz CT molecular complexity index is 684. The van der Waals surface area contributed by atoms with E-state index in [0.29, 0.717) is 16.6 Å². The van der Waals surface area contributed by atoms with Gasteiger partial charge in [0.25, 0.3) is 5.91 Å².